The van der Waals surface area contributed by atoms with Crippen molar-refractivity contribution >= 4 is 17.2 Å². The predicted octanol–water partition coefficient (Wildman–Crippen LogP) is 2.55. The molecule has 1 aliphatic rings. The molecule has 2 aromatic rings. The Hall–Kier alpha value is -1.89. The van der Waals surface area contributed by atoms with Crippen LogP contribution >= 0.6 is 11.3 Å². The molecule has 0 radical (unpaired) electrons. The molecule has 3 rings (SSSR count). The number of aliphatic hydroxyl groups is 1. The zero-order valence-electron chi connectivity index (χ0n) is 13.2. The first-order valence-corrected chi connectivity index (χ1v) is 8.44. The van der Waals surface area contributed by atoms with Crippen molar-refractivity contribution in [2.24, 2.45) is 0 Å². The van der Waals surface area contributed by atoms with Crippen molar-refractivity contribution in [1.82, 2.24) is 10.2 Å². The fourth-order valence-electron chi connectivity index (χ4n) is 2.75. The van der Waals surface area contributed by atoms with E-state index in [4.69, 9.17) is 4.74 Å². The van der Waals surface area contributed by atoms with E-state index in [9.17, 15) is 9.90 Å². The minimum atomic E-state index is -0.904. The van der Waals surface area contributed by atoms with Gasteiger partial charge < -0.3 is 20.1 Å². The second kappa shape index (κ2) is 6.70. The SMILES string of the molecule is CNCC[C@H](Oc1cccc2c1C(=O)N(C)C2O)c1cccs1. The van der Waals surface area contributed by atoms with E-state index in [0.717, 1.165) is 17.8 Å². The lowest BCUT2D eigenvalue weighted by atomic mass is 10.1. The Morgan fingerprint density at radius 1 is 1.39 bits per heavy atom. The summed E-state index contributed by atoms with van der Waals surface area (Å²) in [5, 5.41) is 15.3. The summed E-state index contributed by atoms with van der Waals surface area (Å²) in [5.74, 6) is 0.326. The van der Waals surface area contributed by atoms with Gasteiger partial charge in [0.15, 0.2) is 6.23 Å². The molecule has 0 saturated heterocycles. The summed E-state index contributed by atoms with van der Waals surface area (Å²) in [7, 11) is 3.50. The third kappa shape index (κ3) is 2.97. The molecule has 1 amide bonds. The Morgan fingerprint density at radius 2 is 2.22 bits per heavy atom. The van der Waals surface area contributed by atoms with Crippen LogP contribution in [0, 0.1) is 0 Å². The van der Waals surface area contributed by atoms with Crippen molar-refractivity contribution in [3.8, 4) is 5.75 Å². The third-order valence-corrected chi connectivity index (χ3v) is 4.99. The minimum absolute atomic E-state index is 0.121. The highest BCUT2D eigenvalue weighted by Crippen LogP contribution is 2.38. The number of ether oxygens (including phenoxy) is 1. The van der Waals surface area contributed by atoms with Gasteiger partial charge in [-0.05, 0) is 31.1 Å². The molecule has 1 aromatic heterocycles. The van der Waals surface area contributed by atoms with Crippen LogP contribution in [0.4, 0.5) is 0 Å². The Balaban J connectivity index is 1.92. The number of thiophene rings is 1. The second-order valence-corrected chi connectivity index (χ2v) is 6.50. The molecular weight excluding hydrogens is 312 g/mol. The van der Waals surface area contributed by atoms with Crippen molar-refractivity contribution in [1.29, 1.82) is 0 Å². The van der Waals surface area contributed by atoms with Gasteiger partial charge in [-0.1, -0.05) is 18.2 Å². The number of hydrogen-bond acceptors (Lipinski definition) is 5. The van der Waals surface area contributed by atoms with Gasteiger partial charge in [0.05, 0.1) is 5.56 Å². The summed E-state index contributed by atoms with van der Waals surface area (Å²) >= 11 is 1.64. The molecule has 0 aliphatic carbocycles. The predicted molar refractivity (Wildman–Crippen MR) is 89.7 cm³/mol. The molecule has 5 nitrogen and oxygen atoms in total. The van der Waals surface area contributed by atoms with Gasteiger partial charge in [0.25, 0.3) is 5.91 Å². The normalized spacial score (nSPS) is 18.1. The number of amides is 1. The average Bonchev–Trinajstić information content (AvgIpc) is 3.16. The largest absolute Gasteiger partial charge is 0.484 e. The van der Waals surface area contributed by atoms with E-state index in [1.54, 1.807) is 30.5 Å². The fraction of sp³-hybridized carbons (Fsp3) is 0.353. The van der Waals surface area contributed by atoms with Crippen LogP contribution in [0.1, 0.15) is 39.6 Å². The summed E-state index contributed by atoms with van der Waals surface area (Å²) in [5.41, 5.74) is 1.07. The van der Waals surface area contributed by atoms with Gasteiger partial charge >= 0.3 is 0 Å². The zero-order valence-corrected chi connectivity index (χ0v) is 14.0. The van der Waals surface area contributed by atoms with Gasteiger partial charge in [-0.15, -0.1) is 11.3 Å². The number of carbonyl (C=O) groups is 1. The molecule has 2 atom stereocenters. The van der Waals surface area contributed by atoms with Gasteiger partial charge in [-0.25, -0.2) is 0 Å². The number of nitrogens with zero attached hydrogens (tertiary/aromatic N) is 1. The molecule has 0 fully saturated rings. The molecule has 6 heteroatoms. The molecule has 1 aromatic carbocycles. The molecule has 1 aliphatic heterocycles. The van der Waals surface area contributed by atoms with Crippen LogP contribution in [0.15, 0.2) is 35.7 Å². The summed E-state index contributed by atoms with van der Waals surface area (Å²) < 4.78 is 6.18. The van der Waals surface area contributed by atoms with Crippen LogP contribution < -0.4 is 10.1 Å². The summed E-state index contributed by atoms with van der Waals surface area (Å²) in [6.07, 6.45) is -0.226. The van der Waals surface area contributed by atoms with E-state index < -0.39 is 6.23 Å². The van der Waals surface area contributed by atoms with Gasteiger partial charge in [-0.3, -0.25) is 4.79 Å². The maximum absolute atomic E-state index is 12.4. The van der Waals surface area contributed by atoms with Crippen LogP contribution in [0.5, 0.6) is 5.75 Å². The standard InChI is InChI=1S/C17H20N2O3S/c1-18-9-8-12(14-7-4-10-23-14)22-13-6-3-5-11-15(13)17(21)19(2)16(11)20/h3-7,10,12,16,18,20H,8-9H2,1-2H3/t12-,16?/m0/s1. The highest BCUT2D eigenvalue weighted by Gasteiger charge is 2.36. The number of fused-ring (bicyclic) bond motifs is 1. The van der Waals surface area contributed by atoms with E-state index in [-0.39, 0.29) is 12.0 Å². The molecule has 2 N–H and O–H groups in total. The highest BCUT2D eigenvalue weighted by atomic mass is 32.1. The summed E-state index contributed by atoms with van der Waals surface area (Å²) in [6, 6.07) is 9.41. The first-order valence-electron chi connectivity index (χ1n) is 7.56. The van der Waals surface area contributed by atoms with Crippen LogP contribution in [0.25, 0.3) is 0 Å². The molecule has 2 heterocycles. The number of nitrogens with one attached hydrogen (secondary N) is 1. The van der Waals surface area contributed by atoms with Crippen molar-refractivity contribution in [3.05, 3.63) is 51.7 Å². The lowest BCUT2D eigenvalue weighted by Gasteiger charge is -2.19. The molecule has 1 unspecified atom stereocenters. The van der Waals surface area contributed by atoms with E-state index in [1.807, 2.05) is 30.6 Å². The topological polar surface area (TPSA) is 61.8 Å². The van der Waals surface area contributed by atoms with E-state index in [1.165, 1.54) is 4.90 Å². The number of aliphatic hydroxyl groups excluding tert-OH is 1. The van der Waals surface area contributed by atoms with Gasteiger partial charge in [0, 0.05) is 23.9 Å². The summed E-state index contributed by atoms with van der Waals surface area (Å²) in [6.45, 7) is 0.814. The second-order valence-electron chi connectivity index (χ2n) is 5.52. The molecule has 23 heavy (non-hydrogen) atoms. The number of rotatable bonds is 6. The van der Waals surface area contributed by atoms with Crippen molar-refractivity contribution in [2.75, 3.05) is 20.6 Å². The number of hydrogen-bond donors (Lipinski definition) is 2. The van der Waals surface area contributed by atoms with Crippen molar-refractivity contribution in [3.63, 3.8) is 0 Å². The molecule has 0 bridgehead atoms. The highest BCUT2D eigenvalue weighted by molar-refractivity contribution is 7.10. The quantitative estimate of drug-likeness (QED) is 0.853. The van der Waals surface area contributed by atoms with Crippen molar-refractivity contribution < 1.29 is 14.6 Å². The fourth-order valence-corrected chi connectivity index (χ4v) is 3.54. The lowest BCUT2D eigenvalue weighted by Crippen LogP contribution is -2.23. The van der Waals surface area contributed by atoms with Gasteiger partial charge in [0.1, 0.15) is 11.9 Å². The first-order chi connectivity index (χ1) is 11.1. The Labute approximate surface area is 139 Å². The maximum atomic E-state index is 12.4. The van der Waals surface area contributed by atoms with Gasteiger partial charge in [0.2, 0.25) is 0 Å². The zero-order chi connectivity index (χ0) is 16.4. The first kappa shape index (κ1) is 16.0. The smallest absolute Gasteiger partial charge is 0.260 e. The minimum Gasteiger partial charge on any atom is -0.484 e. The number of benzene rings is 1. The molecule has 122 valence electrons. The van der Waals surface area contributed by atoms with E-state index in [2.05, 4.69) is 5.32 Å². The van der Waals surface area contributed by atoms with Crippen LogP contribution in [-0.2, 0) is 0 Å². The summed E-state index contributed by atoms with van der Waals surface area (Å²) in [4.78, 5) is 14.8. The molecule has 0 spiro atoms. The Morgan fingerprint density at radius 3 is 2.91 bits per heavy atom. The van der Waals surface area contributed by atoms with E-state index in [0.29, 0.717) is 16.9 Å². The molecular formula is C17H20N2O3S. The van der Waals surface area contributed by atoms with Crippen LogP contribution in [0.2, 0.25) is 0 Å². The van der Waals surface area contributed by atoms with E-state index >= 15 is 0 Å². The third-order valence-electron chi connectivity index (χ3n) is 4.02. The van der Waals surface area contributed by atoms with Crippen molar-refractivity contribution in [2.45, 2.75) is 18.8 Å². The molecule has 0 saturated carbocycles. The Kier molecular flexibility index (Phi) is 4.66. The van der Waals surface area contributed by atoms with Crippen LogP contribution in [0.3, 0.4) is 0 Å². The number of carbonyl (C=O) groups excluding carboxylic acids is 1. The van der Waals surface area contributed by atoms with Crippen LogP contribution in [-0.4, -0.2) is 36.6 Å². The average molecular weight is 332 g/mol. The lowest BCUT2D eigenvalue weighted by molar-refractivity contribution is 0.0301. The monoisotopic (exact) mass is 332 g/mol. The Bertz CT molecular complexity index is 687. The maximum Gasteiger partial charge on any atom is 0.260 e. The van der Waals surface area contributed by atoms with Gasteiger partial charge in [-0.2, -0.15) is 0 Å².